The lowest BCUT2D eigenvalue weighted by molar-refractivity contribution is 0.240. The maximum Gasteiger partial charge on any atom is 0.247 e. The van der Waals surface area contributed by atoms with Crippen LogP contribution in [0.2, 0.25) is 0 Å². The molecular weight excluding hydrogens is 364 g/mol. The van der Waals surface area contributed by atoms with Crippen LogP contribution in [0.5, 0.6) is 23.1 Å². The highest BCUT2D eigenvalue weighted by molar-refractivity contribution is 5.81. The molecule has 1 aliphatic rings. The number of benzene rings is 2. The van der Waals surface area contributed by atoms with Gasteiger partial charge < -0.3 is 19.4 Å². The van der Waals surface area contributed by atoms with Crippen LogP contribution in [-0.2, 0) is 0 Å². The van der Waals surface area contributed by atoms with E-state index >= 15 is 0 Å². The summed E-state index contributed by atoms with van der Waals surface area (Å²) in [6.07, 6.45) is 5.83. The summed E-state index contributed by atoms with van der Waals surface area (Å²) in [5.74, 6) is 2.84. The average molecular weight is 386 g/mol. The van der Waals surface area contributed by atoms with Gasteiger partial charge in [-0.25, -0.2) is 4.98 Å². The molecule has 0 aliphatic heterocycles. The van der Waals surface area contributed by atoms with Crippen LogP contribution in [0.1, 0.15) is 18.9 Å². The lowest BCUT2D eigenvalue weighted by Gasteiger charge is -2.36. The molecule has 1 fully saturated rings. The van der Waals surface area contributed by atoms with Crippen LogP contribution in [0, 0.1) is 0 Å². The molecule has 146 valence electrons. The molecular formula is C23H22N4O2. The number of rotatable bonds is 6. The number of hydrogen-bond donors (Lipinski definition) is 1. The van der Waals surface area contributed by atoms with E-state index in [-0.39, 0.29) is 0 Å². The van der Waals surface area contributed by atoms with Gasteiger partial charge in [-0.3, -0.25) is 0 Å². The second-order valence-electron chi connectivity index (χ2n) is 7.24. The van der Waals surface area contributed by atoms with E-state index in [1.54, 1.807) is 6.33 Å². The molecule has 2 heterocycles. The third-order valence-corrected chi connectivity index (χ3v) is 5.40. The SMILES string of the molecule is CN[C@H]1C[C@H](n2ccc3ncnc(Oc4ccc(Oc5ccccc5)cc4)c32)C1. The summed E-state index contributed by atoms with van der Waals surface area (Å²) in [6.45, 7) is 0. The Balaban J connectivity index is 1.37. The quantitative estimate of drug-likeness (QED) is 0.509. The van der Waals surface area contributed by atoms with Crippen molar-refractivity contribution >= 4 is 11.0 Å². The predicted molar refractivity (Wildman–Crippen MR) is 112 cm³/mol. The van der Waals surface area contributed by atoms with Gasteiger partial charge in [-0.2, -0.15) is 4.98 Å². The fraction of sp³-hybridized carbons (Fsp3) is 0.217. The lowest BCUT2D eigenvalue weighted by Crippen LogP contribution is -2.39. The number of nitrogens with one attached hydrogen (secondary N) is 1. The van der Waals surface area contributed by atoms with E-state index in [0.29, 0.717) is 23.7 Å². The Morgan fingerprint density at radius 3 is 2.28 bits per heavy atom. The fourth-order valence-corrected chi connectivity index (χ4v) is 3.71. The van der Waals surface area contributed by atoms with E-state index in [2.05, 4.69) is 26.0 Å². The first-order chi connectivity index (χ1) is 14.3. The molecule has 0 bridgehead atoms. The Kier molecular flexibility index (Phi) is 4.62. The monoisotopic (exact) mass is 386 g/mol. The van der Waals surface area contributed by atoms with Gasteiger partial charge in [-0.1, -0.05) is 18.2 Å². The molecule has 2 aromatic heterocycles. The minimum Gasteiger partial charge on any atom is -0.457 e. The maximum absolute atomic E-state index is 6.12. The second-order valence-corrected chi connectivity index (χ2v) is 7.24. The summed E-state index contributed by atoms with van der Waals surface area (Å²) in [5.41, 5.74) is 1.84. The smallest absolute Gasteiger partial charge is 0.247 e. The van der Waals surface area contributed by atoms with Gasteiger partial charge in [-0.05, 0) is 62.4 Å². The molecule has 1 N–H and O–H groups in total. The summed E-state index contributed by atoms with van der Waals surface area (Å²) in [4.78, 5) is 8.80. The topological polar surface area (TPSA) is 61.2 Å². The zero-order chi connectivity index (χ0) is 19.6. The number of para-hydroxylation sites is 1. The highest BCUT2D eigenvalue weighted by Crippen LogP contribution is 2.37. The molecule has 2 aromatic carbocycles. The van der Waals surface area contributed by atoms with Crippen molar-refractivity contribution in [1.29, 1.82) is 0 Å². The van der Waals surface area contributed by atoms with Crippen molar-refractivity contribution in [2.45, 2.75) is 24.9 Å². The van der Waals surface area contributed by atoms with E-state index in [9.17, 15) is 0 Å². The lowest BCUT2D eigenvalue weighted by atomic mass is 9.86. The molecule has 0 radical (unpaired) electrons. The minimum atomic E-state index is 0.444. The normalized spacial score (nSPS) is 18.4. The van der Waals surface area contributed by atoms with Crippen molar-refractivity contribution in [2.24, 2.45) is 0 Å². The van der Waals surface area contributed by atoms with Gasteiger partial charge in [0.1, 0.15) is 29.1 Å². The first-order valence-corrected chi connectivity index (χ1v) is 9.80. The van der Waals surface area contributed by atoms with E-state index in [0.717, 1.165) is 35.4 Å². The van der Waals surface area contributed by atoms with Crippen LogP contribution in [0.3, 0.4) is 0 Å². The molecule has 0 unspecified atom stereocenters. The molecule has 0 amide bonds. The molecule has 5 rings (SSSR count). The van der Waals surface area contributed by atoms with Crippen LogP contribution in [0.4, 0.5) is 0 Å². The van der Waals surface area contributed by atoms with Crippen molar-refractivity contribution in [1.82, 2.24) is 19.9 Å². The van der Waals surface area contributed by atoms with Gasteiger partial charge >= 0.3 is 0 Å². The minimum absolute atomic E-state index is 0.444. The summed E-state index contributed by atoms with van der Waals surface area (Å²) in [6, 6.07) is 20.3. The Hall–Kier alpha value is -3.38. The van der Waals surface area contributed by atoms with Crippen LogP contribution in [0.15, 0.2) is 73.2 Å². The molecule has 0 saturated heterocycles. The van der Waals surface area contributed by atoms with Gasteiger partial charge in [0.25, 0.3) is 0 Å². The number of hydrogen-bond acceptors (Lipinski definition) is 5. The molecule has 1 aliphatic carbocycles. The Bertz CT molecular complexity index is 1100. The van der Waals surface area contributed by atoms with Gasteiger partial charge in [0.2, 0.25) is 5.88 Å². The summed E-state index contributed by atoms with van der Waals surface area (Å²) in [5, 5.41) is 3.33. The molecule has 6 heteroatoms. The third kappa shape index (κ3) is 3.54. The highest BCUT2D eigenvalue weighted by atomic mass is 16.5. The Morgan fingerprint density at radius 2 is 1.55 bits per heavy atom. The van der Waals surface area contributed by atoms with E-state index in [4.69, 9.17) is 9.47 Å². The van der Waals surface area contributed by atoms with Gasteiger partial charge in [0.15, 0.2) is 0 Å². The predicted octanol–water partition coefficient (Wildman–Crippen LogP) is 4.94. The van der Waals surface area contributed by atoms with Crippen molar-refractivity contribution in [3.63, 3.8) is 0 Å². The highest BCUT2D eigenvalue weighted by Gasteiger charge is 2.30. The van der Waals surface area contributed by atoms with Crippen LogP contribution in [-0.4, -0.2) is 27.6 Å². The van der Waals surface area contributed by atoms with Crippen molar-refractivity contribution in [3.8, 4) is 23.1 Å². The number of fused-ring (bicyclic) bond motifs is 1. The Labute approximate surface area is 169 Å². The van der Waals surface area contributed by atoms with E-state index in [1.807, 2.05) is 67.7 Å². The number of nitrogens with zero attached hydrogens (tertiary/aromatic N) is 3. The van der Waals surface area contributed by atoms with Crippen molar-refractivity contribution < 1.29 is 9.47 Å². The van der Waals surface area contributed by atoms with Crippen LogP contribution in [0.25, 0.3) is 11.0 Å². The second kappa shape index (κ2) is 7.56. The van der Waals surface area contributed by atoms with Crippen molar-refractivity contribution in [2.75, 3.05) is 7.05 Å². The molecule has 4 aromatic rings. The maximum atomic E-state index is 6.12. The average Bonchev–Trinajstić information content (AvgIpc) is 3.14. The van der Waals surface area contributed by atoms with Gasteiger partial charge in [0.05, 0.1) is 5.52 Å². The molecule has 0 spiro atoms. The standard InChI is InChI=1S/C23H22N4O2/c1-24-16-13-17(14-16)27-12-11-21-22(27)23(26-15-25-21)29-20-9-7-19(8-10-20)28-18-5-3-2-4-6-18/h2-12,15-17,24H,13-14H2,1H3/t16-,17-. The van der Waals surface area contributed by atoms with E-state index < -0.39 is 0 Å². The molecule has 6 nitrogen and oxygen atoms in total. The largest absolute Gasteiger partial charge is 0.457 e. The first-order valence-electron chi connectivity index (χ1n) is 9.80. The third-order valence-electron chi connectivity index (χ3n) is 5.40. The summed E-state index contributed by atoms with van der Waals surface area (Å²) >= 11 is 0. The fourth-order valence-electron chi connectivity index (χ4n) is 3.71. The van der Waals surface area contributed by atoms with Crippen molar-refractivity contribution in [3.05, 3.63) is 73.2 Å². The Morgan fingerprint density at radius 1 is 0.862 bits per heavy atom. The summed E-state index contributed by atoms with van der Waals surface area (Å²) in [7, 11) is 2.01. The van der Waals surface area contributed by atoms with Crippen LogP contribution >= 0.6 is 0 Å². The molecule has 1 saturated carbocycles. The summed E-state index contributed by atoms with van der Waals surface area (Å²) < 4.78 is 14.2. The molecule has 0 atom stereocenters. The van der Waals surface area contributed by atoms with Gasteiger partial charge in [-0.15, -0.1) is 0 Å². The number of ether oxygens (including phenoxy) is 2. The first kappa shape index (κ1) is 17.7. The van der Waals surface area contributed by atoms with Gasteiger partial charge in [0, 0.05) is 18.3 Å². The zero-order valence-corrected chi connectivity index (χ0v) is 16.2. The van der Waals surface area contributed by atoms with Crippen LogP contribution < -0.4 is 14.8 Å². The zero-order valence-electron chi connectivity index (χ0n) is 16.2. The number of aromatic nitrogens is 3. The van der Waals surface area contributed by atoms with E-state index in [1.165, 1.54) is 0 Å². The molecule has 29 heavy (non-hydrogen) atoms.